The van der Waals surface area contributed by atoms with E-state index in [4.69, 9.17) is 19.6 Å². The van der Waals surface area contributed by atoms with E-state index in [1.807, 2.05) is 36.1 Å². The molecule has 42 heavy (non-hydrogen) atoms. The Kier molecular flexibility index (Phi) is 7.80. The molecule has 0 bridgehead atoms. The molecule has 0 atom stereocenters. The van der Waals surface area contributed by atoms with Crippen molar-refractivity contribution in [2.45, 2.75) is 38.1 Å². The Labute approximate surface area is 246 Å². The van der Waals surface area contributed by atoms with Crippen LogP contribution in [0.4, 0.5) is 11.6 Å². The number of hydrogen-bond acceptors (Lipinski definition) is 8. The Morgan fingerprint density at radius 2 is 1.81 bits per heavy atom. The van der Waals surface area contributed by atoms with Crippen molar-refractivity contribution >= 4 is 17.5 Å². The number of aromatic nitrogens is 4. The van der Waals surface area contributed by atoms with E-state index in [9.17, 15) is 4.79 Å². The second-order valence-corrected chi connectivity index (χ2v) is 11.1. The maximum atomic E-state index is 13.0. The molecular weight excluding hydrogens is 530 g/mol. The highest BCUT2D eigenvalue weighted by Crippen LogP contribution is 2.36. The smallest absolute Gasteiger partial charge is 0.251 e. The van der Waals surface area contributed by atoms with Gasteiger partial charge in [-0.15, -0.1) is 0 Å². The van der Waals surface area contributed by atoms with E-state index < -0.39 is 0 Å². The number of likely N-dealkylation sites (tertiary alicyclic amines) is 1. The number of amides is 1. The summed E-state index contributed by atoms with van der Waals surface area (Å²) in [6, 6.07) is 13.7. The van der Waals surface area contributed by atoms with E-state index in [0.717, 1.165) is 79.2 Å². The van der Waals surface area contributed by atoms with Gasteiger partial charge in [-0.2, -0.15) is 5.10 Å². The number of rotatable bonds is 8. The van der Waals surface area contributed by atoms with Gasteiger partial charge in [-0.1, -0.05) is 12.1 Å². The Morgan fingerprint density at radius 3 is 2.55 bits per heavy atom. The van der Waals surface area contributed by atoms with Crippen molar-refractivity contribution in [2.24, 2.45) is 7.05 Å². The number of anilines is 2. The Balaban J connectivity index is 1.24. The Morgan fingerprint density at radius 1 is 1.02 bits per heavy atom. The molecule has 2 N–H and O–H groups in total. The summed E-state index contributed by atoms with van der Waals surface area (Å²) in [5, 5.41) is 11.3. The molecule has 1 aliphatic carbocycles. The highest BCUT2D eigenvalue weighted by Gasteiger charge is 2.27. The van der Waals surface area contributed by atoms with Crippen molar-refractivity contribution in [2.75, 3.05) is 39.7 Å². The van der Waals surface area contributed by atoms with Crippen molar-refractivity contribution < 1.29 is 14.3 Å². The molecular formula is C32H37N7O3. The number of carbonyl (C=O) groups excluding carboxylic acids is 1. The van der Waals surface area contributed by atoms with E-state index in [1.54, 1.807) is 26.4 Å². The monoisotopic (exact) mass is 567 g/mol. The standard InChI is InChI=1S/C32H37N7O3/c1-38-15-13-23(14-16-38)34-31(40)21-7-11-25(28(18-21)42-4)35-32-33-19-22-8-12-26-29(30(22)36-32)27(39(2)37-26)17-20-5-9-24(41-3)10-6-20/h5-7,9-11,18-19,23H,8,12-17H2,1-4H3,(H,34,40)(H,33,35,36). The summed E-state index contributed by atoms with van der Waals surface area (Å²) < 4.78 is 13.0. The lowest BCUT2D eigenvalue weighted by Gasteiger charge is -2.29. The van der Waals surface area contributed by atoms with Gasteiger partial charge in [0.2, 0.25) is 5.95 Å². The second-order valence-electron chi connectivity index (χ2n) is 11.1. The minimum absolute atomic E-state index is 0.0899. The van der Waals surface area contributed by atoms with Gasteiger partial charge in [-0.3, -0.25) is 9.48 Å². The van der Waals surface area contributed by atoms with Crippen LogP contribution in [0.15, 0.2) is 48.7 Å². The van der Waals surface area contributed by atoms with Crippen LogP contribution in [0.2, 0.25) is 0 Å². The summed E-state index contributed by atoms with van der Waals surface area (Å²) in [6.45, 7) is 1.98. The maximum absolute atomic E-state index is 13.0. The molecule has 2 aliphatic rings. The normalized spacial score (nSPS) is 15.0. The molecule has 1 amide bonds. The minimum atomic E-state index is -0.0899. The first-order valence-electron chi connectivity index (χ1n) is 14.4. The quantitative estimate of drug-likeness (QED) is 0.327. The van der Waals surface area contributed by atoms with Crippen LogP contribution in [-0.2, 0) is 26.3 Å². The van der Waals surface area contributed by atoms with E-state index >= 15 is 0 Å². The number of hydrogen-bond donors (Lipinski definition) is 2. The van der Waals surface area contributed by atoms with Crippen LogP contribution in [0.3, 0.4) is 0 Å². The molecule has 10 nitrogen and oxygen atoms in total. The number of nitrogens with zero attached hydrogens (tertiary/aromatic N) is 5. The van der Waals surface area contributed by atoms with E-state index in [1.165, 1.54) is 5.56 Å². The molecule has 2 aromatic carbocycles. The first-order valence-corrected chi connectivity index (χ1v) is 14.4. The lowest BCUT2D eigenvalue weighted by molar-refractivity contribution is 0.0916. The number of methoxy groups -OCH3 is 2. The maximum Gasteiger partial charge on any atom is 0.251 e. The largest absolute Gasteiger partial charge is 0.497 e. The van der Waals surface area contributed by atoms with Crippen molar-refractivity contribution in [3.05, 3.63) is 76.7 Å². The topological polar surface area (TPSA) is 106 Å². The average Bonchev–Trinajstić information content (AvgIpc) is 3.33. The number of nitrogens with one attached hydrogen (secondary N) is 2. The number of benzene rings is 2. The molecule has 0 unspecified atom stereocenters. The fourth-order valence-corrected chi connectivity index (χ4v) is 5.80. The van der Waals surface area contributed by atoms with Gasteiger partial charge in [-0.25, -0.2) is 9.97 Å². The summed E-state index contributed by atoms with van der Waals surface area (Å²) in [7, 11) is 7.37. The molecule has 218 valence electrons. The third kappa shape index (κ3) is 5.67. The second kappa shape index (κ2) is 11.8. The van der Waals surface area contributed by atoms with E-state index in [0.29, 0.717) is 22.9 Å². The minimum Gasteiger partial charge on any atom is -0.497 e. The molecule has 3 heterocycles. The SMILES string of the molecule is COc1ccc(Cc2c3c(nn2C)CCc2cnc(Nc4ccc(C(=O)NC5CCN(C)CC5)cc4OC)nc2-3)cc1. The highest BCUT2D eigenvalue weighted by molar-refractivity contribution is 5.95. The van der Waals surface area contributed by atoms with Crippen LogP contribution in [0.5, 0.6) is 11.5 Å². The number of aryl methyl sites for hydroxylation is 3. The number of piperidine rings is 1. The molecule has 1 aliphatic heterocycles. The summed E-state index contributed by atoms with van der Waals surface area (Å²) in [5.74, 6) is 1.76. The molecule has 1 saturated heterocycles. The first-order chi connectivity index (χ1) is 20.4. The van der Waals surface area contributed by atoms with Crippen LogP contribution < -0.4 is 20.1 Å². The number of fused-ring (bicyclic) bond motifs is 3. The average molecular weight is 568 g/mol. The van der Waals surface area contributed by atoms with Gasteiger partial charge in [0.15, 0.2) is 0 Å². The van der Waals surface area contributed by atoms with Crippen LogP contribution >= 0.6 is 0 Å². The molecule has 6 rings (SSSR count). The van der Waals surface area contributed by atoms with Crippen molar-refractivity contribution in [1.82, 2.24) is 30.0 Å². The fraction of sp³-hybridized carbons (Fsp3) is 0.375. The van der Waals surface area contributed by atoms with Gasteiger partial charge >= 0.3 is 0 Å². The van der Waals surface area contributed by atoms with Gasteiger partial charge in [0.1, 0.15) is 11.5 Å². The Bertz CT molecular complexity index is 1590. The van der Waals surface area contributed by atoms with Crippen LogP contribution in [0.1, 0.15) is 45.7 Å². The molecule has 0 radical (unpaired) electrons. The molecule has 4 aromatic rings. The molecule has 2 aromatic heterocycles. The lowest BCUT2D eigenvalue weighted by Crippen LogP contribution is -2.43. The molecule has 0 saturated carbocycles. The van der Waals surface area contributed by atoms with E-state index in [-0.39, 0.29) is 11.9 Å². The van der Waals surface area contributed by atoms with Crippen molar-refractivity contribution in [1.29, 1.82) is 0 Å². The van der Waals surface area contributed by atoms with Crippen LogP contribution in [-0.4, -0.2) is 71.0 Å². The third-order valence-corrected chi connectivity index (χ3v) is 8.27. The van der Waals surface area contributed by atoms with Crippen LogP contribution in [0, 0.1) is 0 Å². The fourth-order valence-electron chi connectivity index (χ4n) is 5.80. The molecule has 10 heteroatoms. The Hall–Kier alpha value is -4.44. The zero-order valence-corrected chi connectivity index (χ0v) is 24.6. The van der Waals surface area contributed by atoms with Crippen molar-refractivity contribution in [3.8, 4) is 22.8 Å². The highest BCUT2D eigenvalue weighted by atomic mass is 16.5. The number of carbonyl (C=O) groups is 1. The predicted molar refractivity (Wildman–Crippen MR) is 162 cm³/mol. The zero-order valence-electron chi connectivity index (χ0n) is 24.6. The van der Waals surface area contributed by atoms with E-state index in [2.05, 4.69) is 39.7 Å². The zero-order chi connectivity index (χ0) is 29.2. The summed E-state index contributed by atoms with van der Waals surface area (Å²) in [6.07, 6.45) is 6.22. The van der Waals surface area contributed by atoms with Gasteiger partial charge in [-0.05, 0) is 87.3 Å². The molecule has 0 spiro atoms. The lowest BCUT2D eigenvalue weighted by atomic mass is 9.91. The van der Waals surface area contributed by atoms with Gasteiger partial charge in [0, 0.05) is 36.8 Å². The first kappa shape index (κ1) is 27.7. The van der Waals surface area contributed by atoms with Gasteiger partial charge in [0.05, 0.1) is 37.0 Å². The van der Waals surface area contributed by atoms with Crippen molar-refractivity contribution in [3.63, 3.8) is 0 Å². The number of ether oxygens (including phenoxy) is 2. The third-order valence-electron chi connectivity index (χ3n) is 8.27. The van der Waals surface area contributed by atoms with Crippen LogP contribution in [0.25, 0.3) is 11.3 Å². The summed E-state index contributed by atoms with van der Waals surface area (Å²) >= 11 is 0. The van der Waals surface area contributed by atoms with Gasteiger partial charge < -0.3 is 25.0 Å². The molecule has 1 fully saturated rings. The predicted octanol–water partition coefficient (Wildman–Crippen LogP) is 4.15. The summed E-state index contributed by atoms with van der Waals surface area (Å²) in [4.78, 5) is 24.8. The van der Waals surface area contributed by atoms with Gasteiger partial charge in [0.25, 0.3) is 5.91 Å². The summed E-state index contributed by atoms with van der Waals surface area (Å²) in [5.41, 5.74) is 7.66.